The summed E-state index contributed by atoms with van der Waals surface area (Å²) < 4.78 is 10.6. The number of benzene rings is 1. The van der Waals surface area contributed by atoms with Crippen LogP contribution in [0.5, 0.6) is 0 Å². The Labute approximate surface area is 193 Å². The Bertz CT molecular complexity index is 870. The van der Waals surface area contributed by atoms with Gasteiger partial charge in [0.2, 0.25) is 0 Å². The van der Waals surface area contributed by atoms with Crippen LogP contribution in [0.2, 0.25) is 0 Å². The van der Waals surface area contributed by atoms with Crippen LogP contribution in [0.15, 0.2) is 24.3 Å². The lowest BCUT2D eigenvalue weighted by Crippen LogP contribution is -2.59. The molecule has 0 aromatic heterocycles. The van der Waals surface area contributed by atoms with E-state index >= 15 is 0 Å². The molecule has 1 saturated carbocycles. The van der Waals surface area contributed by atoms with Gasteiger partial charge in [0.05, 0.1) is 30.8 Å². The summed E-state index contributed by atoms with van der Waals surface area (Å²) in [6.07, 6.45) is 5.40. The molecular weight excluding hydrogens is 426 g/mol. The number of amides is 3. The first-order valence-corrected chi connectivity index (χ1v) is 11.7. The van der Waals surface area contributed by atoms with E-state index in [-0.39, 0.29) is 31.0 Å². The summed E-state index contributed by atoms with van der Waals surface area (Å²) in [5.41, 5.74) is 0.618. The second-order valence-electron chi connectivity index (χ2n) is 8.88. The predicted molar refractivity (Wildman–Crippen MR) is 119 cm³/mol. The molecule has 1 saturated heterocycles. The zero-order valence-corrected chi connectivity index (χ0v) is 18.8. The van der Waals surface area contributed by atoms with Crippen LogP contribution in [0.25, 0.3) is 0 Å². The van der Waals surface area contributed by atoms with Crippen molar-refractivity contribution in [1.29, 1.82) is 0 Å². The van der Waals surface area contributed by atoms with Crippen molar-refractivity contribution in [2.24, 2.45) is 0 Å². The summed E-state index contributed by atoms with van der Waals surface area (Å²) in [7, 11) is 0. The van der Waals surface area contributed by atoms with Crippen LogP contribution < -0.4 is 5.32 Å². The predicted octanol–water partition coefficient (Wildman–Crippen LogP) is 1.37. The van der Waals surface area contributed by atoms with Crippen LogP contribution in [0.3, 0.4) is 0 Å². The minimum Gasteiger partial charge on any atom is -0.456 e. The van der Waals surface area contributed by atoms with Gasteiger partial charge in [-0.25, -0.2) is 0 Å². The smallest absolute Gasteiger partial charge is 0.308 e. The van der Waals surface area contributed by atoms with Gasteiger partial charge >= 0.3 is 5.97 Å². The highest BCUT2D eigenvalue weighted by Gasteiger charge is 2.39. The number of imide groups is 1. The van der Waals surface area contributed by atoms with E-state index in [0.717, 1.165) is 43.7 Å². The molecule has 33 heavy (non-hydrogen) atoms. The fourth-order valence-electron chi connectivity index (χ4n) is 5.03. The van der Waals surface area contributed by atoms with Crippen molar-refractivity contribution in [3.05, 3.63) is 35.4 Å². The summed E-state index contributed by atoms with van der Waals surface area (Å²) in [4.78, 5) is 52.7. The molecule has 4 rings (SSSR count). The minimum absolute atomic E-state index is 0.0623. The zero-order chi connectivity index (χ0) is 23.3. The highest BCUT2D eigenvalue weighted by Crippen LogP contribution is 2.33. The molecule has 0 radical (unpaired) electrons. The van der Waals surface area contributed by atoms with Crippen LogP contribution in [0.4, 0.5) is 0 Å². The van der Waals surface area contributed by atoms with Crippen molar-refractivity contribution in [2.45, 2.75) is 44.1 Å². The molecule has 9 heteroatoms. The Morgan fingerprint density at radius 1 is 1.00 bits per heavy atom. The van der Waals surface area contributed by atoms with Gasteiger partial charge in [-0.1, -0.05) is 31.4 Å². The van der Waals surface area contributed by atoms with E-state index in [2.05, 4.69) is 10.2 Å². The van der Waals surface area contributed by atoms with E-state index in [4.69, 9.17) is 9.47 Å². The maximum absolute atomic E-state index is 12.4. The third-order valence-corrected chi connectivity index (χ3v) is 6.86. The third-order valence-electron chi connectivity index (χ3n) is 6.86. The van der Waals surface area contributed by atoms with E-state index < -0.39 is 17.8 Å². The molecule has 1 aromatic rings. The van der Waals surface area contributed by atoms with Gasteiger partial charge in [-0.15, -0.1) is 0 Å². The Balaban J connectivity index is 1.21. The molecule has 0 spiro atoms. The van der Waals surface area contributed by atoms with Gasteiger partial charge in [-0.2, -0.15) is 0 Å². The number of ether oxygens (including phenoxy) is 2. The van der Waals surface area contributed by atoms with Crippen LogP contribution in [-0.4, -0.2) is 85.0 Å². The third kappa shape index (κ3) is 5.25. The molecule has 3 aliphatic rings. The van der Waals surface area contributed by atoms with Crippen LogP contribution in [0.1, 0.15) is 59.2 Å². The molecule has 0 unspecified atom stereocenters. The number of fused-ring (bicyclic) bond motifs is 1. The number of nitrogens with one attached hydrogen (secondary N) is 1. The first-order chi connectivity index (χ1) is 16.0. The highest BCUT2D eigenvalue weighted by atomic mass is 16.5. The summed E-state index contributed by atoms with van der Waals surface area (Å²) in [5, 5.41) is 2.95. The Morgan fingerprint density at radius 3 is 2.27 bits per heavy atom. The number of morpholine rings is 1. The van der Waals surface area contributed by atoms with Crippen LogP contribution in [0, 0.1) is 0 Å². The lowest BCUT2D eigenvalue weighted by atomic mass is 9.79. The van der Waals surface area contributed by atoms with Gasteiger partial charge < -0.3 is 14.8 Å². The number of rotatable bonds is 8. The van der Waals surface area contributed by atoms with Crippen molar-refractivity contribution in [1.82, 2.24) is 15.1 Å². The normalized spacial score (nSPS) is 20.4. The molecule has 9 nitrogen and oxygen atoms in total. The zero-order valence-electron chi connectivity index (χ0n) is 18.8. The van der Waals surface area contributed by atoms with Crippen LogP contribution >= 0.6 is 0 Å². The maximum Gasteiger partial charge on any atom is 0.308 e. The second kappa shape index (κ2) is 10.4. The van der Waals surface area contributed by atoms with Gasteiger partial charge in [-0.05, 0) is 25.0 Å². The van der Waals surface area contributed by atoms with Gasteiger partial charge in [0, 0.05) is 31.7 Å². The van der Waals surface area contributed by atoms with Crippen molar-refractivity contribution >= 4 is 23.7 Å². The van der Waals surface area contributed by atoms with Crippen molar-refractivity contribution < 1.29 is 28.7 Å². The van der Waals surface area contributed by atoms with E-state index in [9.17, 15) is 19.2 Å². The average Bonchev–Trinajstić information content (AvgIpc) is 3.10. The van der Waals surface area contributed by atoms with Crippen LogP contribution in [-0.2, 0) is 19.1 Å². The molecule has 1 N–H and O–H groups in total. The monoisotopic (exact) mass is 457 g/mol. The summed E-state index contributed by atoms with van der Waals surface area (Å²) in [6.45, 7) is 3.22. The molecular formula is C24H31N3O6. The first kappa shape index (κ1) is 23.4. The number of hydrogen-bond acceptors (Lipinski definition) is 7. The fraction of sp³-hybridized carbons (Fsp3) is 0.583. The number of carbonyl (C=O) groups is 4. The van der Waals surface area contributed by atoms with E-state index in [0.29, 0.717) is 30.9 Å². The average molecular weight is 458 g/mol. The maximum atomic E-state index is 12.4. The molecule has 0 bridgehead atoms. The molecule has 3 amide bonds. The standard InChI is InChI=1S/C24H31N3O6/c28-20(25-17-24(9-4-1-5-10-24)26-12-14-32-15-13-26)16-33-21(29)8-11-27-22(30)18-6-2-3-7-19(18)23(27)31/h2-3,6-7H,1,4-5,8-17H2,(H,25,28). The Morgan fingerprint density at radius 2 is 1.64 bits per heavy atom. The summed E-state index contributed by atoms with van der Waals surface area (Å²) in [6, 6.07) is 6.57. The number of hydrogen-bond donors (Lipinski definition) is 1. The lowest BCUT2D eigenvalue weighted by molar-refractivity contribution is -0.148. The molecule has 0 atom stereocenters. The number of nitrogens with zero attached hydrogens (tertiary/aromatic N) is 2. The number of esters is 1. The minimum atomic E-state index is -0.623. The van der Waals surface area contributed by atoms with Crippen molar-refractivity contribution in [2.75, 3.05) is 46.0 Å². The largest absolute Gasteiger partial charge is 0.456 e. The molecule has 2 heterocycles. The van der Waals surface area contributed by atoms with Gasteiger partial charge in [0.1, 0.15) is 0 Å². The Hall–Kier alpha value is -2.78. The van der Waals surface area contributed by atoms with E-state index in [1.54, 1.807) is 24.3 Å². The first-order valence-electron chi connectivity index (χ1n) is 11.7. The molecule has 2 aliphatic heterocycles. The van der Waals surface area contributed by atoms with Gasteiger partial charge in [0.25, 0.3) is 17.7 Å². The van der Waals surface area contributed by atoms with Crippen molar-refractivity contribution in [3.63, 3.8) is 0 Å². The quantitative estimate of drug-likeness (QED) is 0.464. The molecule has 1 aromatic carbocycles. The fourth-order valence-corrected chi connectivity index (χ4v) is 5.03. The Kier molecular flexibility index (Phi) is 7.39. The summed E-state index contributed by atoms with van der Waals surface area (Å²) >= 11 is 0. The van der Waals surface area contributed by atoms with E-state index in [1.807, 2.05) is 0 Å². The topological polar surface area (TPSA) is 105 Å². The molecule has 178 valence electrons. The van der Waals surface area contributed by atoms with Crippen molar-refractivity contribution in [3.8, 4) is 0 Å². The molecule has 2 fully saturated rings. The van der Waals surface area contributed by atoms with E-state index in [1.165, 1.54) is 6.42 Å². The summed E-state index contributed by atoms with van der Waals surface area (Å²) in [5.74, 6) is -1.80. The SMILES string of the molecule is O=C(COC(=O)CCN1C(=O)c2ccccc2C1=O)NCC1(N2CCOCC2)CCCCC1. The lowest BCUT2D eigenvalue weighted by Gasteiger charge is -2.48. The van der Waals surface area contributed by atoms with Gasteiger partial charge in [-0.3, -0.25) is 29.0 Å². The molecule has 1 aliphatic carbocycles. The van der Waals surface area contributed by atoms with Gasteiger partial charge in [0.15, 0.2) is 6.61 Å². The second-order valence-corrected chi connectivity index (χ2v) is 8.88. The number of carbonyl (C=O) groups excluding carboxylic acids is 4. The highest BCUT2D eigenvalue weighted by molar-refractivity contribution is 6.21.